The lowest BCUT2D eigenvalue weighted by atomic mass is 10.0. The van der Waals surface area contributed by atoms with E-state index in [0.29, 0.717) is 5.92 Å². The highest BCUT2D eigenvalue weighted by Crippen LogP contribution is 2.31. The van der Waals surface area contributed by atoms with Gasteiger partial charge in [-0.1, -0.05) is 29.8 Å². The van der Waals surface area contributed by atoms with Gasteiger partial charge in [-0.2, -0.15) is 0 Å². The van der Waals surface area contributed by atoms with E-state index < -0.39 is 0 Å². The van der Waals surface area contributed by atoms with E-state index in [1.165, 1.54) is 5.56 Å². The maximum atomic E-state index is 11.8. The molecule has 92 valence electrons. The molecule has 0 heterocycles. The van der Waals surface area contributed by atoms with Gasteiger partial charge in [0.2, 0.25) is 5.91 Å². The summed E-state index contributed by atoms with van der Waals surface area (Å²) in [7, 11) is 0. The molecule has 2 nitrogen and oxygen atoms in total. The average Bonchev–Trinajstić information content (AvgIpc) is 3.04. The molecule has 0 unspecified atom stereocenters. The lowest BCUT2D eigenvalue weighted by Crippen LogP contribution is -2.15. The maximum absolute atomic E-state index is 11.8. The third-order valence-corrected chi connectivity index (χ3v) is 3.39. The van der Waals surface area contributed by atoms with Crippen LogP contribution in [0, 0.1) is 11.8 Å². The summed E-state index contributed by atoms with van der Waals surface area (Å²) in [4.78, 5) is 11.8. The minimum atomic E-state index is 0.178. The molecule has 1 saturated carbocycles. The van der Waals surface area contributed by atoms with Crippen LogP contribution >= 0.6 is 15.9 Å². The van der Waals surface area contributed by atoms with Crippen LogP contribution in [0.25, 0.3) is 0 Å². The Kier molecular flexibility index (Phi) is 3.87. The van der Waals surface area contributed by atoms with Crippen molar-refractivity contribution in [3.63, 3.8) is 0 Å². The SMILES string of the molecule is CC(C)Cc1cc(Br)ccc1NC(=O)C1CC1. The second kappa shape index (κ2) is 5.21. The number of carbonyl (C=O) groups excluding carboxylic acids is 1. The van der Waals surface area contributed by atoms with Crippen LogP contribution in [0.15, 0.2) is 22.7 Å². The molecule has 1 aliphatic carbocycles. The normalized spacial score (nSPS) is 15.1. The number of halogens is 1. The van der Waals surface area contributed by atoms with E-state index in [9.17, 15) is 4.79 Å². The third-order valence-electron chi connectivity index (χ3n) is 2.90. The fourth-order valence-electron chi connectivity index (χ4n) is 1.87. The lowest BCUT2D eigenvalue weighted by molar-refractivity contribution is -0.117. The smallest absolute Gasteiger partial charge is 0.227 e. The van der Waals surface area contributed by atoms with Crippen LogP contribution in [-0.2, 0) is 11.2 Å². The molecule has 0 aliphatic heterocycles. The summed E-state index contributed by atoms with van der Waals surface area (Å²) in [6.07, 6.45) is 3.07. The van der Waals surface area contributed by atoms with Crippen molar-refractivity contribution < 1.29 is 4.79 Å². The van der Waals surface area contributed by atoms with Crippen molar-refractivity contribution in [1.82, 2.24) is 0 Å². The molecule has 3 heteroatoms. The maximum Gasteiger partial charge on any atom is 0.227 e. The number of carbonyl (C=O) groups is 1. The zero-order valence-corrected chi connectivity index (χ0v) is 11.9. The first kappa shape index (κ1) is 12.6. The Balaban J connectivity index is 2.15. The predicted octanol–water partition coefficient (Wildman–Crippen LogP) is 4.00. The number of amides is 1. The Bertz CT molecular complexity index is 424. The van der Waals surface area contributed by atoms with Gasteiger partial charge < -0.3 is 5.32 Å². The summed E-state index contributed by atoms with van der Waals surface area (Å²) in [6, 6.07) is 6.07. The summed E-state index contributed by atoms with van der Waals surface area (Å²) in [6.45, 7) is 4.38. The Morgan fingerprint density at radius 2 is 2.18 bits per heavy atom. The minimum Gasteiger partial charge on any atom is -0.326 e. The van der Waals surface area contributed by atoms with Gasteiger partial charge in [0.1, 0.15) is 0 Å². The Morgan fingerprint density at radius 3 is 2.76 bits per heavy atom. The topological polar surface area (TPSA) is 29.1 Å². The number of nitrogens with one attached hydrogen (secondary N) is 1. The quantitative estimate of drug-likeness (QED) is 0.894. The number of hydrogen-bond donors (Lipinski definition) is 1. The van der Waals surface area contributed by atoms with Crippen LogP contribution < -0.4 is 5.32 Å². The molecule has 0 spiro atoms. The first-order chi connectivity index (χ1) is 8.06. The molecule has 0 radical (unpaired) electrons. The van der Waals surface area contributed by atoms with Crippen molar-refractivity contribution >= 4 is 27.5 Å². The van der Waals surface area contributed by atoms with Crippen molar-refractivity contribution in [2.24, 2.45) is 11.8 Å². The summed E-state index contributed by atoms with van der Waals surface area (Å²) in [5.74, 6) is 1.02. The van der Waals surface area contributed by atoms with Crippen molar-refractivity contribution in [1.29, 1.82) is 0 Å². The number of rotatable bonds is 4. The molecular formula is C14H18BrNO. The van der Waals surface area contributed by atoms with Crippen molar-refractivity contribution in [3.05, 3.63) is 28.2 Å². The highest BCUT2D eigenvalue weighted by molar-refractivity contribution is 9.10. The summed E-state index contributed by atoms with van der Waals surface area (Å²) < 4.78 is 1.07. The minimum absolute atomic E-state index is 0.178. The van der Waals surface area contributed by atoms with Crippen LogP contribution in [0.2, 0.25) is 0 Å². The first-order valence-corrected chi connectivity index (χ1v) is 6.95. The molecule has 1 aromatic rings. The van der Waals surface area contributed by atoms with Gasteiger partial charge >= 0.3 is 0 Å². The van der Waals surface area contributed by atoms with Gasteiger partial charge in [-0.05, 0) is 48.9 Å². The zero-order chi connectivity index (χ0) is 12.4. The second-order valence-corrected chi connectivity index (χ2v) is 6.08. The number of benzene rings is 1. The van der Waals surface area contributed by atoms with E-state index >= 15 is 0 Å². The van der Waals surface area contributed by atoms with Gasteiger partial charge in [-0.3, -0.25) is 4.79 Å². The first-order valence-electron chi connectivity index (χ1n) is 6.15. The largest absolute Gasteiger partial charge is 0.326 e. The van der Waals surface area contributed by atoms with Gasteiger partial charge in [0.25, 0.3) is 0 Å². The van der Waals surface area contributed by atoms with Gasteiger partial charge in [0.05, 0.1) is 0 Å². The van der Waals surface area contributed by atoms with Crippen LogP contribution in [0.4, 0.5) is 5.69 Å². The molecule has 0 aromatic heterocycles. The van der Waals surface area contributed by atoms with E-state index in [-0.39, 0.29) is 11.8 Å². The van der Waals surface area contributed by atoms with E-state index in [0.717, 1.165) is 29.4 Å². The molecule has 0 bridgehead atoms. The standard InChI is InChI=1S/C14H18BrNO/c1-9(2)7-11-8-12(15)5-6-13(11)16-14(17)10-3-4-10/h5-6,8-10H,3-4,7H2,1-2H3,(H,16,17). The molecule has 1 aromatic carbocycles. The highest BCUT2D eigenvalue weighted by Gasteiger charge is 2.29. The Labute approximate surface area is 111 Å². The van der Waals surface area contributed by atoms with Gasteiger partial charge in [0, 0.05) is 16.1 Å². The summed E-state index contributed by atoms with van der Waals surface area (Å²) in [5.41, 5.74) is 2.18. The van der Waals surface area contributed by atoms with E-state index in [1.807, 2.05) is 12.1 Å². The number of hydrogen-bond acceptors (Lipinski definition) is 1. The monoisotopic (exact) mass is 295 g/mol. The molecule has 0 saturated heterocycles. The van der Waals surface area contributed by atoms with E-state index in [1.54, 1.807) is 0 Å². The second-order valence-electron chi connectivity index (χ2n) is 5.16. The van der Waals surface area contributed by atoms with Crippen molar-refractivity contribution in [2.75, 3.05) is 5.32 Å². The van der Waals surface area contributed by atoms with Crippen LogP contribution in [-0.4, -0.2) is 5.91 Å². The summed E-state index contributed by atoms with van der Waals surface area (Å²) >= 11 is 3.48. The lowest BCUT2D eigenvalue weighted by Gasteiger charge is -2.13. The molecule has 1 aliphatic rings. The van der Waals surface area contributed by atoms with Gasteiger partial charge in [-0.25, -0.2) is 0 Å². The Hall–Kier alpha value is -0.830. The zero-order valence-electron chi connectivity index (χ0n) is 10.3. The van der Waals surface area contributed by atoms with Crippen molar-refractivity contribution in [3.8, 4) is 0 Å². The highest BCUT2D eigenvalue weighted by atomic mass is 79.9. The van der Waals surface area contributed by atoms with Crippen LogP contribution in [0.5, 0.6) is 0 Å². The number of anilines is 1. The molecule has 1 fully saturated rings. The molecule has 17 heavy (non-hydrogen) atoms. The average molecular weight is 296 g/mol. The van der Waals surface area contributed by atoms with E-state index in [4.69, 9.17) is 0 Å². The molecule has 1 amide bonds. The van der Waals surface area contributed by atoms with Gasteiger partial charge in [0.15, 0.2) is 0 Å². The van der Waals surface area contributed by atoms with Crippen LogP contribution in [0.1, 0.15) is 32.3 Å². The van der Waals surface area contributed by atoms with Crippen molar-refractivity contribution in [2.45, 2.75) is 33.1 Å². The molecule has 2 rings (SSSR count). The molecule has 1 N–H and O–H groups in total. The molecular weight excluding hydrogens is 278 g/mol. The fraction of sp³-hybridized carbons (Fsp3) is 0.500. The van der Waals surface area contributed by atoms with Crippen LogP contribution in [0.3, 0.4) is 0 Å². The fourth-order valence-corrected chi connectivity index (χ4v) is 2.28. The van der Waals surface area contributed by atoms with Gasteiger partial charge in [-0.15, -0.1) is 0 Å². The van der Waals surface area contributed by atoms with E-state index in [2.05, 4.69) is 41.2 Å². The Morgan fingerprint density at radius 1 is 1.47 bits per heavy atom. The molecule has 0 atom stereocenters. The summed E-state index contributed by atoms with van der Waals surface area (Å²) in [5, 5.41) is 3.05. The third kappa shape index (κ3) is 3.56. The predicted molar refractivity (Wildman–Crippen MR) is 74.0 cm³/mol.